The van der Waals surface area contributed by atoms with Gasteiger partial charge in [0.2, 0.25) is 0 Å². The minimum Gasteiger partial charge on any atom is -0.366 e. The number of rotatable bonds is 7. The van der Waals surface area contributed by atoms with E-state index in [2.05, 4.69) is 25.6 Å². The summed E-state index contributed by atoms with van der Waals surface area (Å²) in [7, 11) is 0. The maximum atomic E-state index is 14.2. The monoisotopic (exact) mass is 381 g/mol. The van der Waals surface area contributed by atoms with Crippen molar-refractivity contribution in [3.05, 3.63) is 60.2 Å². The second kappa shape index (κ2) is 8.40. The molecule has 0 bridgehead atoms. The Balaban J connectivity index is 1.94. The van der Waals surface area contributed by atoms with Gasteiger partial charge in [-0.1, -0.05) is 12.1 Å². The molecule has 1 atom stereocenters. The molecular weight excluding hydrogens is 361 g/mol. The lowest BCUT2D eigenvalue weighted by atomic mass is 10.1. The first-order chi connectivity index (χ1) is 13.4. The van der Waals surface area contributed by atoms with Crippen LogP contribution >= 0.6 is 0 Å². The van der Waals surface area contributed by atoms with Crippen LogP contribution in [0, 0.1) is 5.82 Å². The fourth-order valence-electron chi connectivity index (χ4n) is 2.47. The topological polar surface area (TPSA) is 132 Å². The van der Waals surface area contributed by atoms with Crippen LogP contribution in [0.25, 0.3) is 11.4 Å². The van der Waals surface area contributed by atoms with E-state index < -0.39 is 11.7 Å². The van der Waals surface area contributed by atoms with Crippen molar-refractivity contribution in [3.8, 4) is 11.4 Å². The average molecular weight is 381 g/mol. The first-order valence-electron chi connectivity index (χ1n) is 8.58. The highest BCUT2D eigenvalue weighted by molar-refractivity contribution is 5.98. The molecule has 2 heterocycles. The summed E-state index contributed by atoms with van der Waals surface area (Å²) in [5, 5.41) is 5.83. The first kappa shape index (κ1) is 19.2. The van der Waals surface area contributed by atoms with Gasteiger partial charge >= 0.3 is 0 Å². The van der Waals surface area contributed by atoms with Gasteiger partial charge in [-0.15, -0.1) is 0 Å². The number of pyridine rings is 1. The molecule has 0 radical (unpaired) electrons. The highest BCUT2D eigenvalue weighted by Crippen LogP contribution is 2.26. The normalized spacial score (nSPS) is 11.7. The van der Waals surface area contributed by atoms with Crippen LogP contribution in [0.3, 0.4) is 0 Å². The number of anilines is 3. The quantitative estimate of drug-likeness (QED) is 0.493. The van der Waals surface area contributed by atoms with E-state index in [0.717, 1.165) is 11.6 Å². The Morgan fingerprint density at radius 3 is 2.61 bits per heavy atom. The van der Waals surface area contributed by atoms with E-state index in [9.17, 15) is 9.18 Å². The van der Waals surface area contributed by atoms with Crippen molar-refractivity contribution in [1.29, 1.82) is 0 Å². The maximum absolute atomic E-state index is 14.2. The molecule has 0 saturated heterocycles. The summed E-state index contributed by atoms with van der Waals surface area (Å²) in [5.74, 6) is -0.825. The van der Waals surface area contributed by atoms with Crippen molar-refractivity contribution >= 4 is 23.2 Å². The van der Waals surface area contributed by atoms with Crippen LogP contribution in [0.2, 0.25) is 0 Å². The van der Waals surface area contributed by atoms with Gasteiger partial charge in [0.05, 0.1) is 5.56 Å². The largest absolute Gasteiger partial charge is 0.366 e. The zero-order valence-corrected chi connectivity index (χ0v) is 15.2. The number of aromatic nitrogens is 3. The zero-order valence-electron chi connectivity index (χ0n) is 15.2. The molecule has 1 amide bonds. The van der Waals surface area contributed by atoms with Crippen molar-refractivity contribution < 1.29 is 9.18 Å². The molecule has 0 aliphatic carbocycles. The number of halogens is 1. The lowest BCUT2D eigenvalue weighted by molar-refractivity contribution is 0.100. The Kier molecular flexibility index (Phi) is 5.75. The second-order valence-electron chi connectivity index (χ2n) is 6.22. The molecule has 2 aromatic heterocycles. The Morgan fingerprint density at radius 1 is 1.18 bits per heavy atom. The number of nitrogens with zero attached hydrogens (tertiary/aromatic N) is 3. The van der Waals surface area contributed by atoms with Crippen LogP contribution in [-0.4, -0.2) is 33.4 Å². The van der Waals surface area contributed by atoms with Crippen molar-refractivity contribution in [2.75, 3.05) is 17.2 Å². The van der Waals surface area contributed by atoms with Gasteiger partial charge in [-0.2, -0.15) is 0 Å². The molecular formula is C19H20FN7O. The Hall–Kier alpha value is -3.59. The van der Waals surface area contributed by atoms with Crippen LogP contribution < -0.4 is 22.1 Å². The number of nitrogens with two attached hydrogens (primary N) is 2. The summed E-state index contributed by atoms with van der Waals surface area (Å²) in [6, 6.07) is 9.79. The third kappa shape index (κ3) is 4.57. The summed E-state index contributed by atoms with van der Waals surface area (Å²) < 4.78 is 14.2. The number of primary amides is 1. The van der Waals surface area contributed by atoms with Crippen molar-refractivity contribution in [3.63, 3.8) is 0 Å². The van der Waals surface area contributed by atoms with Crippen molar-refractivity contribution in [2.45, 2.75) is 13.0 Å². The zero-order chi connectivity index (χ0) is 20.1. The molecule has 9 heteroatoms. The molecule has 28 heavy (non-hydrogen) atoms. The summed E-state index contributed by atoms with van der Waals surface area (Å²) in [6.45, 7) is 2.10. The number of amides is 1. The molecule has 0 aliphatic rings. The standard InChI is InChI=1S/C19H20FN7O/c1-11(21)10-25-19-15(20)9-14(16(22)28)18(27-19)26-13-5-2-4-12(8-13)17-23-6-3-7-24-17/h2-9,11H,10,21H2,1H3,(H2,22,28)(H2,25,26,27). The molecule has 0 saturated carbocycles. The Labute approximate surface area is 161 Å². The maximum Gasteiger partial charge on any atom is 0.252 e. The van der Waals surface area contributed by atoms with E-state index in [4.69, 9.17) is 11.5 Å². The lowest BCUT2D eigenvalue weighted by Gasteiger charge is -2.14. The molecule has 3 rings (SSSR count). The molecule has 8 nitrogen and oxygen atoms in total. The molecule has 0 spiro atoms. The highest BCUT2D eigenvalue weighted by Gasteiger charge is 2.16. The van der Waals surface area contributed by atoms with Gasteiger partial charge in [-0.25, -0.2) is 19.3 Å². The van der Waals surface area contributed by atoms with Crippen LogP contribution in [-0.2, 0) is 0 Å². The highest BCUT2D eigenvalue weighted by atomic mass is 19.1. The van der Waals surface area contributed by atoms with Gasteiger partial charge < -0.3 is 22.1 Å². The smallest absolute Gasteiger partial charge is 0.252 e. The average Bonchev–Trinajstić information content (AvgIpc) is 2.68. The number of nitrogens with one attached hydrogen (secondary N) is 2. The van der Waals surface area contributed by atoms with Gasteiger partial charge in [0.1, 0.15) is 5.82 Å². The van der Waals surface area contributed by atoms with Gasteiger partial charge in [-0.05, 0) is 31.2 Å². The summed E-state index contributed by atoms with van der Waals surface area (Å²) in [4.78, 5) is 24.3. The van der Waals surface area contributed by atoms with Crippen LogP contribution in [0.15, 0.2) is 48.8 Å². The minimum atomic E-state index is -0.796. The van der Waals surface area contributed by atoms with E-state index >= 15 is 0 Å². The number of benzene rings is 1. The summed E-state index contributed by atoms with van der Waals surface area (Å²) in [6.07, 6.45) is 3.29. The Morgan fingerprint density at radius 2 is 1.93 bits per heavy atom. The molecule has 0 fully saturated rings. The SMILES string of the molecule is CC(N)CNc1nc(Nc2cccc(-c3ncccn3)c2)c(C(N)=O)cc1F. The molecule has 144 valence electrons. The molecule has 6 N–H and O–H groups in total. The van der Waals surface area contributed by atoms with Crippen molar-refractivity contribution in [1.82, 2.24) is 15.0 Å². The van der Waals surface area contributed by atoms with E-state index in [0.29, 0.717) is 18.1 Å². The van der Waals surface area contributed by atoms with Crippen LogP contribution in [0.4, 0.5) is 21.7 Å². The number of carbonyl (C=O) groups excluding carboxylic acids is 1. The van der Waals surface area contributed by atoms with Crippen molar-refractivity contribution in [2.24, 2.45) is 11.5 Å². The van der Waals surface area contributed by atoms with E-state index in [1.165, 1.54) is 0 Å². The third-order valence-corrected chi connectivity index (χ3v) is 3.78. The predicted octanol–water partition coefficient (Wildman–Crippen LogP) is 2.28. The van der Waals surface area contributed by atoms with Gasteiger partial charge in [0, 0.05) is 36.2 Å². The first-order valence-corrected chi connectivity index (χ1v) is 8.58. The van der Waals surface area contributed by atoms with Crippen LogP contribution in [0.1, 0.15) is 17.3 Å². The second-order valence-corrected chi connectivity index (χ2v) is 6.22. The fraction of sp³-hybridized carbons (Fsp3) is 0.158. The number of carbonyl (C=O) groups is 1. The lowest BCUT2D eigenvalue weighted by Crippen LogP contribution is -2.26. The minimum absolute atomic E-state index is 0.0210. The Bertz CT molecular complexity index is 979. The summed E-state index contributed by atoms with van der Waals surface area (Å²) >= 11 is 0. The fourth-order valence-corrected chi connectivity index (χ4v) is 2.47. The van der Waals surface area contributed by atoms with Gasteiger partial charge in [0.15, 0.2) is 17.5 Å². The number of hydrogen-bond acceptors (Lipinski definition) is 7. The number of hydrogen-bond donors (Lipinski definition) is 4. The molecule has 1 aromatic carbocycles. The predicted molar refractivity (Wildman–Crippen MR) is 106 cm³/mol. The van der Waals surface area contributed by atoms with E-state index in [1.807, 2.05) is 6.07 Å². The van der Waals surface area contributed by atoms with Crippen LogP contribution in [0.5, 0.6) is 0 Å². The van der Waals surface area contributed by atoms with E-state index in [1.54, 1.807) is 43.6 Å². The molecule has 0 aliphatic heterocycles. The van der Waals surface area contributed by atoms with E-state index in [-0.39, 0.29) is 23.2 Å². The third-order valence-electron chi connectivity index (χ3n) is 3.78. The molecule has 1 unspecified atom stereocenters. The van der Waals surface area contributed by atoms with Gasteiger partial charge in [0.25, 0.3) is 5.91 Å². The van der Waals surface area contributed by atoms with Gasteiger partial charge in [-0.3, -0.25) is 4.79 Å². The summed E-state index contributed by atoms with van der Waals surface area (Å²) in [5.41, 5.74) is 12.4. The molecule has 3 aromatic rings.